The minimum absolute atomic E-state index is 0.462. The molecular weight excluding hydrogens is 208 g/mol. The molecule has 0 aliphatic heterocycles. The second-order valence-corrected chi connectivity index (χ2v) is 3.02. The molecule has 2 N–H and O–H groups in total. The predicted molar refractivity (Wildman–Crippen MR) is 63.6 cm³/mol. The van der Waals surface area contributed by atoms with E-state index in [9.17, 15) is 0 Å². The molecule has 7 heteroatoms. The van der Waals surface area contributed by atoms with Gasteiger partial charge in [0.25, 0.3) is 5.95 Å². The smallest absolute Gasteiger partial charge is 0.256 e. The number of hydrogen-bond donors (Lipinski definition) is 2. The van der Waals surface area contributed by atoms with Gasteiger partial charge in [-0.05, 0) is 13.8 Å². The van der Waals surface area contributed by atoms with Gasteiger partial charge in [-0.1, -0.05) is 0 Å². The summed E-state index contributed by atoms with van der Waals surface area (Å²) in [5.41, 5.74) is 0. The summed E-state index contributed by atoms with van der Waals surface area (Å²) in [6.45, 7) is 5.48. The van der Waals surface area contributed by atoms with Crippen LogP contribution in [-0.2, 0) is 4.84 Å². The molecule has 1 aromatic rings. The summed E-state index contributed by atoms with van der Waals surface area (Å²) in [6, 6.07) is 0. The standard InChI is InChI=1S/C9H18N6O/c1-5-10-7-12-8(11-6-2)14-9(13-7)15(3)16-4/h5-6H2,1-4H3,(H2,10,11,12,13,14). The van der Waals surface area contributed by atoms with Crippen molar-refractivity contribution >= 4 is 17.8 Å². The molecule has 0 aliphatic carbocycles. The highest BCUT2D eigenvalue weighted by atomic mass is 16.7. The first kappa shape index (κ1) is 12.4. The summed E-state index contributed by atoms with van der Waals surface area (Å²) in [7, 11) is 3.30. The van der Waals surface area contributed by atoms with E-state index in [1.807, 2.05) is 13.8 Å². The van der Waals surface area contributed by atoms with Gasteiger partial charge in [0.05, 0.1) is 7.11 Å². The van der Waals surface area contributed by atoms with E-state index in [1.54, 1.807) is 14.2 Å². The van der Waals surface area contributed by atoms with Crippen molar-refractivity contribution in [3.63, 3.8) is 0 Å². The predicted octanol–water partition coefficient (Wildman–Crippen LogP) is 0.733. The van der Waals surface area contributed by atoms with Crippen molar-refractivity contribution in [3.05, 3.63) is 0 Å². The van der Waals surface area contributed by atoms with Gasteiger partial charge in [0, 0.05) is 20.1 Å². The molecule has 0 amide bonds. The highest BCUT2D eigenvalue weighted by Gasteiger charge is 2.08. The normalized spacial score (nSPS) is 10.0. The molecule has 7 nitrogen and oxygen atoms in total. The molecule has 1 rings (SSSR count). The van der Waals surface area contributed by atoms with E-state index in [0.29, 0.717) is 17.8 Å². The second-order valence-electron chi connectivity index (χ2n) is 3.02. The Balaban J connectivity index is 2.97. The Bertz CT molecular complexity index is 308. The number of aromatic nitrogens is 3. The van der Waals surface area contributed by atoms with E-state index in [0.717, 1.165) is 13.1 Å². The number of anilines is 3. The van der Waals surface area contributed by atoms with Gasteiger partial charge >= 0.3 is 0 Å². The lowest BCUT2D eigenvalue weighted by molar-refractivity contribution is 0.180. The van der Waals surface area contributed by atoms with Gasteiger partial charge in [0.2, 0.25) is 11.9 Å². The van der Waals surface area contributed by atoms with Gasteiger partial charge in [-0.2, -0.15) is 15.0 Å². The molecule has 0 aliphatic rings. The van der Waals surface area contributed by atoms with E-state index < -0.39 is 0 Å². The maximum Gasteiger partial charge on any atom is 0.256 e. The van der Waals surface area contributed by atoms with Crippen LogP contribution >= 0.6 is 0 Å². The highest BCUT2D eigenvalue weighted by molar-refractivity contribution is 5.41. The molecule has 0 saturated heterocycles. The van der Waals surface area contributed by atoms with Gasteiger partial charge in [-0.25, -0.2) is 5.06 Å². The summed E-state index contributed by atoms with van der Waals surface area (Å²) in [6.07, 6.45) is 0. The summed E-state index contributed by atoms with van der Waals surface area (Å²) in [4.78, 5) is 17.6. The first-order valence-electron chi connectivity index (χ1n) is 5.22. The van der Waals surface area contributed by atoms with Gasteiger partial charge in [-0.3, -0.25) is 4.84 Å². The lowest BCUT2D eigenvalue weighted by Crippen LogP contribution is -2.20. The zero-order valence-electron chi connectivity index (χ0n) is 10.1. The molecular formula is C9H18N6O. The van der Waals surface area contributed by atoms with Crippen LogP contribution in [0.1, 0.15) is 13.8 Å². The minimum Gasteiger partial charge on any atom is -0.354 e. The van der Waals surface area contributed by atoms with E-state index in [2.05, 4.69) is 25.6 Å². The third kappa shape index (κ3) is 3.20. The Morgan fingerprint density at radius 2 is 1.56 bits per heavy atom. The largest absolute Gasteiger partial charge is 0.354 e. The van der Waals surface area contributed by atoms with Crippen molar-refractivity contribution < 1.29 is 4.84 Å². The first-order valence-corrected chi connectivity index (χ1v) is 5.22. The van der Waals surface area contributed by atoms with Crippen LogP contribution < -0.4 is 15.7 Å². The molecule has 0 atom stereocenters. The second kappa shape index (κ2) is 6.06. The molecule has 0 radical (unpaired) electrons. The molecule has 0 fully saturated rings. The number of rotatable bonds is 6. The van der Waals surface area contributed by atoms with Crippen LogP contribution in [0, 0.1) is 0 Å². The Labute approximate surface area is 95.2 Å². The molecule has 90 valence electrons. The number of hydroxylamine groups is 1. The van der Waals surface area contributed by atoms with Crippen LogP contribution in [-0.4, -0.2) is 42.2 Å². The Hall–Kier alpha value is -1.63. The molecule has 0 saturated carbocycles. The molecule has 0 unspecified atom stereocenters. The maximum absolute atomic E-state index is 5.03. The third-order valence-corrected chi connectivity index (χ3v) is 1.85. The lowest BCUT2D eigenvalue weighted by Gasteiger charge is -2.15. The Morgan fingerprint density at radius 3 is 1.94 bits per heavy atom. The Morgan fingerprint density at radius 1 is 1.06 bits per heavy atom. The number of nitrogens with zero attached hydrogens (tertiary/aromatic N) is 4. The van der Waals surface area contributed by atoms with Crippen LogP contribution in [0.2, 0.25) is 0 Å². The molecule has 0 bridgehead atoms. The molecule has 1 heterocycles. The number of hydrogen-bond acceptors (Lipinski definition) is 7. The molecule has 1 aromatic heterocycles. The summed E-state index contributed by atoms with van der Waals surface area (Å²) in [5, 5.41) is 7.56. The van der Waals surface area contributed by atoms with Gasteiger partial charge in [0.1, 0.15) is 0 Å². The van der Waals surface area contributed by atoms with Crippen molar-refractivity contribution in [2.75, 3.05) is 42.9 Å². The fourth-order valence-corrected chi connectivity index (χ4v) is 1.06. The fourth-order valence-electron chi connectivity index (χ4n) is 1.06. The zero-order chi connectivity index (χ0) is 12.0. The molecule has 0 spiro atoms. The average molecular weight is 226 g/mol. The van der Waals surface area contributed by atoms with Crippen molar-refractivity contribution in [2.24, 2.45) is 0 Å². The van der Waals surface area contributed by atoms with Gasteiger partial charge in [-0.15, -0.1) is 0 Å². The SMILES string of the molecule is CCNc1nc(NCC)nc(N(C)OC)n1. The summed E-state index contributed by atoms with van der Waals surface area (Å²) < 4.78 is 0. The van der Waals surface area contributed by atoms with E-state index in [4.69, 9.17) is 4.84 Å². The maximum atomic E-state index is 5.03. The summed E-state index contributed by atoms with van der Waals surface area (Å²) >= 11 is 0. The zero-order valence-corrected chi connectivity index (χ0v) is 10.1. The quantitative estimate of drug-likeness (QED) is 0.692. The lowest BCUT2D eigenvalue weighted by atomic mass is 10.7. The van der Waals surface area contributed by atoms with Gasteiger partial charge < -0.3 is 10.6 Å². The van der Waals surface area contributed by atoms with Crippen molar-refractivity contribution in [1.29, 1.82) is 0 Å². The Kier molecular flexibility index (Phi) is 4.71. The number of nitrogens with one attached hydrogen (secondary N) is 2. The van der Waals surface area contributed by atoms with Crippen LogP contribution in [0.15, 0.2) is 0 Å². The average Bonchev–Trinajstić information content (AvgIpc) is 2.28. The first-order chi connectivity index (χ1) is 7.71. The van der Waals surface area contributed by atoms with Crippen molar-refractivity contribution in [2.45, 2.75) is 13.8 Å². The summed E-state index contributed by atoms with van der Waals surface area (Å²) in [5.74, 6) is 1.53. The molecule has 16 heavy (non-hydrogen) atoms. The van der Waals surface area contributed by atoms with E-state index in [-0.39, 0.29) is 0 Å². The third-order valence-electron chi connectivity index (χ3n) is 1.85. The topological polar surface area (TPSA) is 75.2 Å². The van der Waals surface area contributed by atoms with E-state index in [1.165, 1.54) is 5.06 Å². The van der Waals surface area contributed by atoms with Crippen LogP contribution in [0.4, 0.5) is 17.8 Å². The molecule has 0 aromatic carbocycles. The van der Waals surface area contributed by atoms with Crippen LogP contribution in [0.25, 0.3) is 0 Å². The van der Waals surface area contributed by atoms with Crippen LogP contribution in [0.3, 0.4) is 0 Å². The minimum atomic E-state index is 0.462. The monoisotopic (exact) mass is 226 g/mol. The van der Waals surface area contributed by atoms with Crippen molar-refractivity contribution in [1.82, 2.24) is 15.0 Å². The fraction of sp³-hybridized carbons (Fsp3) is 0.667. The van der Waals surface area contributed by atoms with E-state index >= 15 is 0 Å². The van der Waals surface area contributed by atoms with Crippen LogP contribution in [0.5, 0.6) is 0 Å². The van der Waals surface area contributed by atoms with Crippen molar-refractivity contribution in [3.8, 4) is 0 Å². The van der Waals surface area contributed by atoms with Gasteiger partial charge in [0.15, 0.2) is 0 Å². The highest BCUT2D eigenvalue weighted by Crippen LogP contribution is 2.11.